The second-order valence-corrected chi connectivity index (χ2v) is 14.0. The van der Waals surface area contributed by atoms with Gasteiger partial charge in [-0.2, -0.15) is 0 Å². The maximum Gasteiger partial charge on any atom is 0.410 e. The van der Waals surface area contributed by atoms with Crippen molar-refractivity contribution >= 4 is 23.2 Å². The van der Waals surface area contributed by atoms with Crippen molar-refractivity contribution in [2.75, 3.05) is 13.1 Å². The first-order valence-corrected chi connectivity index (χ1v) is 16.4. The van der Waals surface area contributed by atoms with E-state index in [9.17, 15) is 23.5 Å². The van der Waals surface area contributed by atoms with Crippen molar-refractivity contribution in [1.29, 1.82) is 0 Å². The zero-order chi connectivity index (χ0) is 31.1. The lowest BCUT2D eigenvalue weighted by atomic mass is 9.64. The highest BCUT2D eigenvalue weighted by Gasteiger charge is 2.63. The smallest absolute Gasteiger partial charge is 0.410 e. The minimum absolute atomic E-state index is 0.0731. The highest BCUT2D eigenvalue weighted by molar-refractivity contribution is 7.09. The lowest BCUT2D eigenvalue weighted by Crippen LogP contribution is -2.48. The van der Waals surface area contributed by atoms with Crippen LogP contribution in [-0.2, 0) is 17.6 Å². The SMILES string of the molecule is CC1=CCCC2(C)C(CCC23CN(CCc2cccs2)C(=O)O3)c2ccc(cc2C(=O)c2ccc(F)c(F)c2)CC(O)CC1. The molecular formula is C36H39F2NO4S. The van der Waals surface area contributed by atoms with Crippen LogP contribution in [-0.4, -0.2) is 46.7 Å². The summed E-state index contributed by atoms with van der Waals surface area (Å²) < 4.78 is 34.4. The molecule has 1 spiro atoms. The number of hydrogen-bond acceptors (Lipinski definition) is 5. The van der Waals surface area contributed by atoms with Gasteiger partial charge in [0.05, 0.1) is 12.6 Å². The molecular weight excluding hydrogens is 580 g/mol. The molecule has 1 aliphatic heterocycles. The third kappa shape index (κ3) is 5.74. The molecule has 232 valence electrons. The summed E-state index contributed by atoms with van der Waals surface area (Å²) in [4.78, 5) is 30.4. The Morgan fingerprint density at radius 3 is 2.73 bits per heavy atom. The van der Waals surface area contributed by atoms with Crippen LogP contribution < -0.4 is 0 Å². The van der Waals surface area contributed by atoms with Gasteiger partial charge >= 0.3 is 6.09 Å². The largest absolute Gasteiger partial charge is 0.440 e. The number of aliphatic hydroxyl groups excluding tert-OH is 1. The van der Waals surface area contributed by atoms with E-state index in [0.717, 1.165) is 48.9 Å². The fourth-order valence-electron chi connectivity index (χ4n) is 7.65. The van der Waals surface area contributed by atoms with E-state index >= 15 is 0 Å². The van der Waals surface area contributed by atoms with Gasteiger partial charge in [0.2, 0.25) is 0 Å². The van der Waals surface area contributed by atoms with Crippen LogP contribution in [0.2, 0.25) is 0 Å². The summed E-state index contributed by atoms with van der Waals surface area (Å²) in [7, 11) is 0. The Morgan fingerprint density at radius 1 is 1.11 bits per heavy atom. The molecule has 2 aromatic carbocycles. The van der Waals surface area contributed by atoms with Gasteiger partial charge in [0.15, 0.2) is 17.4 Å². The van der Waals surface area contributed by atoms with E-state index in [1.54, 1.807) is 11.3 Å². The summed E-state index contributed by atoms with van der Waals surface area (Å²) in [5.41, 5.74) is 2.14. The highest BCUT2D eigenvalue weighted by Crippen LogP contribution is 2.61. The minimum atomic E-state index is -1.07. The number of benzene rings is 2. The fraction of sp³-hybridized carbons (Fsp3) is 0.444. The Labute approximate surface area is 261 Å². The number of rotatable bonds is 5. The van der Waals surface area contributed by atoms with Gasteiger partial charge in [-0.15, -0.1) is 11.3 Å². The van der Waals surface area contributed by atoms with Crippen molar-refractivity contribution < 1.29 is 28.2 Å². The number of allylic oxidation sites excluding steroid dienone is 2. The summed E-state index contributed by atoms with van der Waals surface area (Å²) in [6.07, 6.45) is 6.76. The number of ketones is 1. The van der Waals surface area contributed by atoms with Crippen molar-refractivity contribution in [2.45, 2.75) is 82.8 Å². The van der Waals surface area contributed by atoms with Crippen molar-refractivity contribution in [3.05, 3.63) is 104 Å². The number of thiophene rings is 1. The molecule has 2 bridgehead atoms. The van der Waals surface area contributed by atoms with Crippen molar-refractivity contribution in [1.82, 2.24) is 4.90 Å². The van der Waals surface area contributed by atoms with Crippen LogP contribution in [0.4, 0.5) is 13.6 Å². The van der Waals surface area contributed by atoms with E-state index < -0.39 is 28.8 Å². The van der Waals surface area contributed by atoms with Crippen LogP contribution in [0.5, 0.6) is 0 Å². The average molecular weight is 620 g/mol. The van der Waals surface area contributed by atoms with Gasteiger partial charge in [0.25, 0.3) is 0 Å². The molecule has 1 N–H and O–H groups in total. The molecule has 0 radical (unpaired) electrons. The zero-order valence-electron chi connectivity index (χ0n) is 25.3. The normalized spacial score (nSPS) is 27.2. The molecule has 1 saturated carbocycles. The maximum atomic E-state index is 14.3. The second-order valence-electron chi connectivity index (χ2n) is 13.0. The standard InChI is InChI=1S/C36H39F2NO4S/c1-23-5-3-15-35(2)30(13-16-36(35)22-39(34(42)43-36)17-14-27-6-4-18-44-27)28-11-8-24(19-26(40)10-7-23)20-29(28)33(41)25-9-12-31(37)32(38)21-25/h4-6,8-9,11-12,18,20-21,26,30,40H,3,7,10,13-17,19,22H2,1-2H3. The topological polar surface area (TPSA) is 66.8 Å². The number of fused-ring (bicyclic) bond motifs is 8. The first-order chi connectivity index (χ1) is 21.1. The summed E-state index contributed by atoms with van der Waals surface area (Å²) >= 11 is 1.68. The molecule has 7 rings (SSSR count). The van der Waals surface area contributed by atoms with Gasteiger partial charge in [0, 0.05) is 28.0 Å². The molecule has 2 heterocycles. The minimum Gasteiger partial charge on any atom is -0.440 e. The van der Waals surface area contributed by atoms with Crippen LogP contribution in [0.25, 0.3) is 0 Å². The monoisotopic (exact) mass is 619 g/mol. The van der Waals surface area contributed by atoms with Crippen LogP contribution >= 0.6 is 11.3 Å². The van der Waals surface area contributed by atoms with E-state index in [2.05, 4.69) is 26.0 Å². The number of nitrogens with zero attached hydrogens (tertiary/aromatic N) is 1. The van der Waals surface area contributed by atoms with Crippen LogP contribution in [0, 0.1) is 17.0 Å². The summed E-state index contributed by atoms with van der Waals surface area (Å²) in [6, 6.07) is 13.1. The molecule has 8 heteroatoms. The first-order valence-electron chi connectivity index (χ1n) is 15.6. The summed E-state index contributed by atoms with van der Waals surface area (Å²) in [5, 5.41) is 12.8. The predicted molar refractivity (Wildman–Crippen MR) is 167 cm³/mol. The van der Waals surface area contributed by atoms with E-state index in [-0.39, 0.29) is 23.4 Å². The van der Waals surface area contributed by atoms with Crippen molar-refractivity contribution in [2.24, 2.45) is 5.41 Å². The Morgan fingerprint density at radius 2 is 1.95 bits per heavy atom. The van der Waals surface area contributed by atoms with E-state index in [1.807, 2.05) is 34.5 Å². The van der Waals surface area contributed by atoms with E-state index in [1.165, 1.54) is 16.5 Å². The Kier molecular flexibility index (Phi) is 8.50. The van der Waals surface area contributed by atoms with Crippen LogP contribution in [0.3, 0.4) is 0 Å². The number of ether oxygens (including phenoxy) is 1. The van der Waals surface area contributed by atoms with E-state index in [0.29, 0.717) is 44.3 Å². The summed E-state index contributed by atoms with van der Waals surface area (Å²) in [6.45, 7) is 5.36. The van der Waals surface area contributed by atoms with Crippen LogP contribution in [0.1, 0.15) is 90.2 Å². The predicted octanol–water partition coefficient (Wildman–Crippen LogP) is 8.00. The third-order valence-corrected chi connectivity index (χ3v) is 11.2. The molecule has 4 aliphatic rings. The molecule has 1 aromatic heterocycles. The lowest BCUT2D eigenvalue weighted by Gasteiger charge is -2.43. The molecule has 44 heavy (non-hydrogen) atoms. The molecule has 2 fully saturated rings. The molecule has 1 saturated heterocycles. The number of amides is 1. The zero-order valence-corrected chi connectivity index (χ0v) is 26.1. The molecule has 3 aliphatic carbocycles. The van der Waals surface area contributed by atoms with Gasteiger partial charge in [-0.3, -0.25) is 4.79 Å². The van der Waals surface area contributed by atoms with Crippen LogP contribution in [0.15, 0.2) is 65.6 Å². The van der Waals surface area contributed by atoms with Gasteiger partial charge in [0.1, 0.15) is 5.60 Å². The fourth-order valence-corrected chi connectivity index (χ4v) is 8.35. The van der Waals surface area contributed by atoms with Gasteiger partial charge in [-0.25, -0.2) is 13.6 Å². The number of carbonyl (C=O) groups excluding carboxylic acids is 2. The van der Waals surface area contributed by atoms with Gasteiger partial charge < -0.3 is 14.7 Å². The molecule has 5 nitrogen and oxygen atoms in total. The Balaban J connectivity index is 1.41. The third-order valence-electron chi connectivity index (χ3n) is 10.3. The quantitative estimate of drug-likeness (QED) is 0.232. The van der Waals surface area contributed by atoms with E-state index in [4.69, 9.17) is 4.74 Å². The van der Waals surface area contributed by atoms with Gasteiger partial charge in [-0.05, 0) is 111 Å². The number of hydrogen-bond donors (Lipinski definition) is 1. The second kappa shape index (κ2) is 12.2. The Hall–Kier alpha value is -3.36. The first kappa shape index (κ1) is 30.7. The lowest BCUT2D eigenvalue weighted by molar-refractivity contribution is -0.0372. The molecule has 1 amide bonds. The average Bonchev–Trinajstić information content (AvgIpc) is 3.70. The molecule has 4 atom stereocenters. The molecule has 3 aromatic rings. The van der Waals surface area contributed by atoms with Crippen molar-refractivity contribution in [3.63, 3.8) is 0 Å². The number of halogens is 2. The maximum absolute atomic E-state index is 14.3. The molecule has 4 unspecified atom stereocenters. The highest BCUT2D eigenvalue weighted by atomic mass is 32.1. The number of carbonyl (C=O) groups is 2. The number of aliphatic hydroxyl groups is 1. The van der Waals surface area contributed by atoms with Crippen molar-refractivity contribution in [3.8, 4) is 0 Å². The van der Waals surface area contributed by atoms with Gasteiger partial charge in [-0.1, -0.05) is 36.8 Å². The Bertz CT molecular complexity index is 1590. The summed E-state index contributed by atoms with van der Waals surface area (Å²) in [5.74, 6) is -2.58.